The Kier molecular flexibility index (Phi) is 7.45. The van der Waals surface area contributed by atoms with Crippen molar-refractivity contribution in [1.29, 1.82) is 0 Å². The highest BCUT2D eigenvalue weighted by molar-refractivity contribution is 5.54. The van der Waals surface area contributed by atoms with E-state index in [0.717, 1.165) is 23.5 Å². The Hall–Kier alpha value is -2.44. The standard InChI is InChI=1S/C24H32O6/c1-25-13-17-9-16-11-22(29-5)23(30-6)12-18(16)24(19(17)14-26-2)15-7-8-20(27-3)21(10-15)28-4/h7-8,10-12,17,19,24H,9,13-14H2,1-6H3/t17-,19-,24+/m1/s1. The molecule has 0 aliphatic heterocycles. The van der Waals surface area contributed by atoms with Crippen molar-refractivity contribution in [3.8, 4) is 23.0 Å². The molecule has 2 aromatic carbocycles. The van der Waals surface area contributed by atoms with Crippen molar-refractivity contribution in [3.63, 3.8) is 0 Å². The predicted octanol–water partition coefficient (Wildman–Crippen LogP) is 3.93. The second kappa shape index (κ2) is 10.0. The summed E-state index contributed by atoms with van der Waals surface area (Å²) in [6, 6.07) is 10.3. The van der Waals surface area contributed by atoms with Crippen molar-refractivity contribution in [2.24, 2.45) is 11.8 Å². The van der Waals surface area contributed by atoms with E-state index in [1.165, 1.54) is 11.1 Å². The van der Waals surface area contributed by atoms with Crippen LogP contribution in [0, 0.1) is 11.8 Å². The molecule has 0 saturated heterocycles. The fourth-order valence-corrected chi connectivity index (χ4v) is 4.63. The Morgan fingerprint density at radius 1 is 0.700 bits per heavy atom. The van der Waals surface area contributed by atoms with Crippen LogP contribution in [0.25, 0.3) is 0 Å². The largest absolute Gasteiger partial charge is 0.493 e. The summed E-state index contributed by atoms with van der Waals surface area (Å²) in [5.41, 5.74) is 3.60. The predicted molar refractivity (Wildman–Crippen MR) is 115 cm³/mol. The minimum atomic E-state index is 0.0912. The summed E-state index contributed by atoms with van der Waals surface area (Å²) in [4.78, 5) is 0. The number of hydrogen-bond acceptors (Lipinski definition) is 6. The zero-order chi connectivity index (χ0) is 21.7. The third-order valence-corrected chi connectivity index (χ3v) is 6.00. The van der Waals surface area contributed by atoms with Crippen LogP contribution in [0.3, 0.4) is 0 Å². The summed E-state index contributed by atoms with van der Waals surface area (Å²) in [6.45, 7) is 1.28. The highest BCUT2D eigenvalue weighted by Crippen LogP contribution is 2.48. The summed E-state index contributed by atoms with van der Waals surface area (Å²) in [6.07, 6.45) is 0.890. The van der Waals surface area contributed by atoms with E-state index in [-0.39, 0.29) is 11.8 Å². The number of ether oxygens (including phenoxy) is 6. The van der Waals surface area contributed by atoms with E-state index in [4.69, 9.17) is 28.4 Å². The molecule has 0 heterocycles. The SMILES string of the molecule is COC[C@H]1Cc2cc(OC)c(OC)cc2[C@H](c2ccc(OC)c(OC)c2)[C@@H]1COC. The summed E-state index contributed by atoms with van der Waals surface area (Å²) < 4.78 is 33.4. The lowest BCUT2D eigenvalue weighted by Gasteiger charge is -2.40. The van der Waals surface area contributed by atoms with Crippen molar-refractivity contribution in [2.45, 2.75) is 12.3 Å². The van der Waals surface area contributed by atoms with Gasteiger partial charge in [0.25, 0.3) is 0 Å². The number of fused-ring (bicyclic) bond motifs is 1. The summed E-state index contributed by atoms with van der Waals surface area (Å²) in [7, 11) is 10.1. The average molecular weight is 417 g/mol. The molecule has 1 aliphatic carbocycles. The molecule has 0 radical (unpaired) electrons. The molecule has 0 spiro atoms. The van der Waals surface area contributed by atoms with Gasteiger partial charge in [-0.2, -0.15) is 0 Å². The molecule has 164 valence electrons. The van der Waals surface area contributed by atoms with Crippen LogP contribution in [-0.2, 0) is 15.9 Å². The van der Waals surface area contributed by atoms with E-state index >= 15 is 0 Å². The average Bonchev–Trinajstić information content (AvgIpc) is 2.78. The molecule has 0 amide bonds. The number of methoxy groups -OCH3 is 6. The number of benzene rings is 2. The fraction of sp³-hybridized carbons (Fsp3) is 0.500. The maximum absolute atomic E-state index is 5.66. The Balaban J connectivity index is 2.20. The van der Waals surface area contributed by atoms with Gasteiger partial charge in [0.2, 0.25) is 0 Å². The van der Waals surface area contributed by atoms with Gasteiger partial charge in [0.1, 0.15) is 0 Å². The molecule has 0 N–H and O–H groups in total. The molecule has 2 aromatic rings. The molecular weight excluding hydrogens is 384 g/mol. The summed E-state index contributed by atoms with van der Waals surface area (Å²) >= 11 is 0. The second-order valence-electron chi connectivity index (χ2n) is 7.54. The van der Waals surface area contributed by atoms with Gasteiger partial charge < -0.3 is 28.4 Å². The minimum absolute atomic E-state index is 0.0912. The van der Waals surface area contributed by atoms with Gasteiger partial charge in [0.15, 0.2) is 23.0 Å². The summed E-state index contributed by atoms with van der Waals surface area (Å²) in [5, 5.41) is 0. The van der Waals surface area contributed by atoms with E-state index in [9.17, 15) is 0 Å². The van der Waals surface area contributed by atoms with E-state index in [1.807, 2.05) is 6.07 Å². The number of hydrogen-bond donors (Lipinski definition) is 0. The second-order valence-corrected chi connectivity index (χ2v) is 7.54. The highest BCUT2D eigenvalue weighted by Gasteiger charge is 2.39. The van der Waals surface area contributed by atoms with Crippen LogP contribution in [0.4, 0.5) is 0 Å². The third-order valence-electron chi connectivity index (χ3n) is 6.00. The van der Waals surface area contributed by atoms with Crippen LogP contribution in [-0.4, -0.2) is 55.9 Å². The van der Waals surface area contributed by atoms with Crippen LogP contribution in [0.1, 0.15) is 22.6 Å². The van der Waals surface area contributed by atoms with Gasteiger partial charge in [0.05, 0.1) is 35.0 Å². The van der Waals surface area contributed by atoms with Gasteiger partial charge in [-0.25, -0.2) is 0 Å². The van der Waals surface area contributed by atoms with Crippen molar-refractivity contribution in [3.05, 3.63) is 47.0 Å². The molecule has 30 heavy (non-hydrogen) atoms. The molecule has 6 nitrogen and oxygen atoms in total. The Labute approximate surface area is 179 Å². The van der Waals surface area contributed by atoms with Crippen LogP contribution < -0.4 is 18.9 Å². The zero-order valence-electron chi connectivity index (χ0n) is 18.7. The lowest BCUT2D eigenvalue weighted by molar-refractivity contribution is 0.0565. The smallest absolute Gasteiger partial charge is 0.161 e. The molecular formula is C24H32O6. The van der Waals surface area contributed by atoms with Crippen LogP contribution in [0.2, 0.25) is 0 Å². The van der Waals surface area contributed by atoms with Gasteiger partial charge in [-0.3, -0.25) is 0 Å². The van der Waals surface area contributed by atoms with Gasteiger partial charge in [-0.1, -0.05) is 6.07 Å². The first-order valence-corrected chi connectivity index (χ1v) is 10.1. The quantitative estimate of drug-likeness (QED) is 0.617. The van der Waals surface area contributed by atoms with Gasteiger partial charge in [-0.05, 0) is 59.2 Å². The maximum Gasteiger partial charge on any atom is 0.161 e. The van der Waals surface area contributed by atoms with Crippen LogP contribution >= 0.6 is 0 Å². The maximum atomic E-state index is 5.66. The van der Waals surface area contributed by atoms with Crippen molar-refractivity contribution < 1.29 is 28.4 Å². The van der Waals surface area contributed by atoms with Crippen LogP contribution in [0.15, 0.2) is 30.3 Å². The van der Waals surface area contributed by atoms with Gasteiger partial charge in [-0.15, -0.1) is 0 Å². The first kappa shape index (κ1) is 22.2. The zero-order valence-corrected chi connectivity index (χ0v) is 18.7. The highest BCUT2D eigenvalue weighted by atomic mass is 16.5. The Morgan fingerprint density at radius 2 is 1.30 bits per heavy atom. The van der Waals surface area contributed by atoms with Gasteiger partial charge in [0, 0.05) is 26.7 Å². The fourth-order valence-electron chi connectivity index (χ4n) is 4.63. The molecule has 0 fully saturated rings. The Morgan fingerprint density at radius 3 is 1.90 bits per heavy atom. The topological polar surface area (TPSA) is 55.4 Å². The van der Waals surface area contributed by atoms with Crippen molar-refractivity contribution in [2.75, 3.05) is 55.9 Å². The molecule has 3 atom stereocenters. The molecule has 6 heteroatoms. The molecule has 0 saturated carbocycles. The first-order chi connectivity index (χ1) is 14.6. The first-order valence-electron chi connectivity index (χ1n) is 10.1. The molecule has 0 unspecified atom stereocenters. The minimum Gasteiger partial charge on any atom is -0.493 e. The third kappa shape index (κ3) is 4.20. The van der Waals surface area contributed by atoms with E-state index < -0.39 is 0 Å². The lowest BCUT2D eigenvalue weighted by Crippen LogP contribution is -2.36. The normalized spacial score (nSPS) is 20.4. The lowest BCUT2D eigenvalue weighted by atomic mass is 9.67. The molecule has 3 rings (SSSR count). The van der Waals surface area contributed by atoms with Crippen molar-refractivity contribution >= 4 is 0 Å². The summed E-state index contributed by atoms with van der Waals surface area (Å²) in [5.74, 6) is 3.51. The molecule has 1 aliphatic rings. The Bertz CT molecular complexity index is 850. The van der Waals surface area contributed by atoms with E-state index in [2.05, 4.69) is 24.3 Å². The molecule has 0 aromatic heterocycles. The molecule has 0 bridgehead atoms. The van der Waals surface area contributed by atoms with E-state index in [1.54, 1.807) is 42.7 Å². The van der Waals surface area contributed by atoms with Crippen molar-refractivity contribution in [1.82, 2.24) is 0 Å². The van der Waals surface area contributed by atoms with Crippen LogP contribution in [0.5, 0.6) is 23.0 Å². The monoisotopic (exact) mass is 416 g/mol. The number of rotatable bonds is 9. The van der Waals surface area contributed by atoms with Gasteiger partial charge >= 0.3 is 0 Å². The van der Waals surface area contributed by atoms with E-state index in [0.29, 0.717) is 30.6 Å².